The highest BCUT2D eigenvalue weighted by atomic mass is 79.9. The molecule has 3 N–H and O–H groups in total. The smallest absolute Gasteiger partial charge is 0.137 e. The predicted molar refractivity (Wildman–Crippen MR) is 69.1 cm³/mol. The van der Waals surface area contributed by atoms with Gasteiger partial charge in [-0.25, -0.2) is 9.37 Å². The molecule has 0 aliphatic carbocycles. The number of nitrogens with zero attached hydrogens (tertiary/aromatic N) is 1. The number of imidazole rings is 1. The first-order valence-electron chi connectivity index (χ1n) is 5.40. The Morgan fingerprint density at radius 3 is 2.94 bits per heavy atom. The fourth-order valence-corrected chi connectivity index (χ4v) is 1.95. The first-order chi connectivity index (χ1) is 8.20. The van der Waals surface area contributed by atoms with E-state index in [-0.39, 0.29) is 5.82 Å². The van der Waals surface area contributed by atoms with Gasteiger partial charge in [-0.3, -0.25) is 0 Å². The summed E-state index contributed by atoms with van der Waals surface area (Å²) in [6, 6.07) is 4.88. The fourth-order valence-electron chi connectivity index (χ4n) is 1.57. The zero-order valence-electron chi connectivity index (χ0n) is 9.21. The maximum Gasteiger partial charge on any atom is 0.137 e. The normalized spacial score (nSPS) is 10.8. The molecule has 90 valence electrons. The number of nitrogens with two attached hydrogens (primary N) is 1. The van der Waals surface area contributed by atoms with Gasteiger partial charge in [0, 0.05) is 12.0 Å². The number of hydrogen-bond donors (Lipinski definition) is 2. The summed E-state index contributed by atoms with van der Waals surface area (Å²) < 4.78 is 13.6. The number of rotatable bonds is 4. The molecule has 5 heteroatoms. The molecule has 2 aromatic rings. The van der Waals surface area contributed by atoms with E-state index in [1.54, 1.807) is 18.3 Å². The van der Waals surface area contributed by atoms with Gasteiger partial charge < -0.3 is 10.7 Å². The van der Waals surface area contributed by atoms with Crippen LogP contribution in [0.2, 0.25) is 0 Å². The van der Waals surface area contributed by atoms with E-state index in [2.05, 4.69) is 25.9 Å². The van der Waals surface area contributed by atoms with Crippen molar-refractivity contribution in [3.63, 3.8) is 0 Å². The van der Waals surface area contributed by atoms with Crippen LogP contribution in [0.5, 0.6) is 0 Å². The van der Waals surface area contributed by atoms with Gasteiger partial charge in [0.05, 0.1) is 16.4 Å². The Labute approximate surface area is 107 Å². The second-order valence-electron chi connectivity index (χ2n) is 3.76. The molecule has 1 aromatic heterocycles. The third-order valence-electron chi connectivity index (χ3n) is 2.48. The summed E-state index contributed by atoms with van der Waals surface area (Å²) >= 11 is 3.17. The lowest BCUT2D eigenvalue weighted by Gasteiger charge is -1.99. The molecule has 0 fully saturated rings. The molecular formula is C12H13BrFN3. The van der Waals surface area contributed by atoms with E-state index in [4.69, 9.17) is 5.73 Å². The second kappa shape index (κ2) is 5.42. The van der Waals surface area contributed by atoms with Crippen molar-refractivity contribution in [2.75, 3.05) is 6.54 Å². The zero-order chi connectivity index (χ0) is 12.3. The average molecular weight is 298 g/mol. The largest absolute Gasteiger partial charge is 0.342 e. The molecule has 0 amide bonds. The van der Waals surface area contributed by atoms with E-state index in [9.17, 15) is 4.39 Å². The molecule has 1 aromatic carbocycles. The summed E-state index contributed by atoms with van der Waals surface area (Å²) in [5, 5.41) is 0. The molecular weight excluding hydrogens is 285 g/mol. The maximum absolute atomic E-state index is 13.1. The molecule has 0 atom stereocenters. The van der Waals surface area contributed by atoms with E-state index in [0.29, 0.717) is 11.0 Å². The Morgan fingerprint density at radius 1 is 1.41 bits per heavy atom. The number of aryl methyl sites for hydroxylation is 1. The first kappa shape index (κ1) is 12.3. The number of benzene rings is 1. The third-order valence-corrected chi connectivity index (χ3v) is 3.08. The van der Waals surface area contributed by atoms with Crippen LogP contribution in [0.3, 0.4) is 0 Å². The van der Waals surface area contributed by atoms with E-state index < -0.39 is 0 Å². The zero-order valence-corrected chi connectivity index (χ0v) is 10.8. The minimum absolute atomic E-state index is 0.267. The lowest BCUT2D eigenvalue weighted by Crippen LogP contribution is -2.01. The molecule has 0 unspecified atom stereocenters. The Hall–Kier alpha value is -1.20. The SMILES string of the molecule is NCCCc1ncc(-c2ccc(F)c(Br)c2)[nH]1. The number of H-pyrrole nitrogens is 1. The lowest BCUT2D eigenvalue weighted by atomic mass is 10.2. The summed E-state index contributed by atoms with van der Waals surface area (Å²) in [6.07, 6.45) is 3.49. The van der Waals surface area contributed by atoms with Crippen molar-refractivity contribution in [3.8, 4) is 11.3 Å². The molecule has 3 nitrogen and oxygen atoms in total. The molecule has 2 rings (SSSR count). The highest BCUT2D eigenvalue weighted by molar-refractivity contribution is 9.10. The van der Waals surface area contributed by atoms with Crippen LogP contribution >= 0.6 is 15.9 Å². The van der Waals surface area contributed by atoms with Crippen molar-refractivity contribution in [1.82, 2.24) is 9.97 Å². The van der Waals surface area contributed by atoms with Crippen LogP contribution in [0.4, 0.5) is 4.39 Å². The van der Waals surface area contributed by atoms with Crippen LogP contribution < -0.4 is 5.73 Å². The van der Waals surface area contributed by atoms with Gasteiger partial charge in [-0.05, 0) is 47.1 Å². The highest BCUT2D eigenvalue weighted by Gasteiger charge is 2.05. The molecule has 0 aliphatic heterocycles. The quantitative estimate of drug-likeness (QED) is 0.912. The highest BCUT2D eigenvalue weighted by Crippen LogP contribution is 2.24. The van der Waals surface area contributed by atoms with Crippen molar-refractivity contribution >= 4 is 15.9 Å². The molecule has 0 radical (unpaired) electrons. The second-order valence-corrected chi connectivity index (χ2v) is 4.62. The van der Waals surface area contributed by atoms with Crippen molar-refractivity contribution < 1.29 is 4.39 Å². The van der Waals surface area contributed by atoms with Crippen LogP contribution in [-0.2, 0) is 6.42 Å². The molecule has 0 bridgehead atoms. The van der Waals surface area contributed by atoms with Gasteiger partial charge in [0.1, 0.15) is 11.6 Å². The summed E-state index contributed by atoms with van der Waals surface area (Å²) in [5.41, 5.74) is 7.24. The lowest BCUT2D eigenvalue weighted by molar-refractivity contribution is 0.621. The molecule has 0 aliphatic rings. The van der Waals surface area contributed by atoms with E-state index >= 15 is 0 Å². The van der Waals surface area contributed by atoms with Gasteiger partial charge in [-0.2, -0.15) is 0 Å². The predicted octanol–water partition coefficient (Wildman–Crippen LogP) is 2.87. The summed E-state index contributed by atoms with van der Waals surface area (Å²) in [5.74, 6) is 0.641. The van der Waals surface area contributed by atoms with Gasteiger partial charge in [0.25, 0.3) is 0 Å². The Kier molecular flexibility index (Phi) is 3.91. The van der Waals surface area contributed by atoms with Gasteiger partial charge in [0.15, 0.2) is 0 Å². The maximum atomic E-state index is 13.1. The Bertz CT molecular complexity index is 510. The fraction of sp³-hybridized carbons (Fsp3) is 0.250. The van der Waals surface area contributed by atoms with Crippen molar-refractivity contribution in [2.24, 2.45) is 5.73 Å². The Morgan fingerprint density at radius 2 is 2.24 bits per heavy atom. The van der Waals surface area contributed by atoms with Gasteiger partial charge in [-0.15, -0.1) is 0 Å². The monoisotopic (exact) mass is 297 g/mol. The summed E-state index contributed by atoms with van der Waals surface area (Å²) in [7, 11) is 0. The van der Waals surface area contributed by atoms with Gasteiger partial charge >= 0.3 is 0 Å². The van der Waals surface area contributed by atoms with Crippen molar-refractivity contribution in [2.45, 2.75) is 12.8 Å². The Balaban J connectivity index is 2.21. The molecule has 0 saturated carbocycles. The number of aromatic nitrogens is 2. The minimum Gasteiger partial charge on any atom is -0.342 e. The standard InChI is InChI=1S/C12H13BrFN3/c13-9-6-8(3-4-10(9)14)11-7-16-12(17-11)2-1-5-15/h3-4,6-7H,1-2,5,15H2,(H,16,17). The topological polar surface area (TPSA) is 54.7 Å². The first-order valence-corrected chi connectivity index (χ1v) is 6.19. The average Bonchev–Trinajstić information content (AvgIpc) is 2.79. The van der Waals surface area contributed by atoms with Gasteiger partial charge in [-0.1, -0.05) is 0 Å². The molecule has 0 spiro atoms. The van der Waals surface area contributed by atoms with Crippen LogP contribution in [0, 0.1) is 5.82 Å². The summed E-state index contributed by atoms with van der Waals surface area (Å²) in [6.45, 7) is 0.651. The number of halogens is 2. The number of hydrogen-bond acceptors (Lipinski definition) is 2. The van der Waals surface area contributed by atoms with Gasteiger partial charge in [0.2, 0.25) is 0 Å². The summed E-state index contributed by atoms with van der Waals surface area (Å²) in [4.78, 5) is 7.46. The van der Waals surface area contributed by atoms with Crippen molar-refractivity contribution in [3.05, 3.63) is 40.5 Å². The van der Waals surface area contributed by atoms with Crippen LogP contribution in [0.1, 0.15) is 12.2 Å². The van der Waals surface area contributed by atoms with Crippen LogP contribution in [0.25, 0.3) is 11.3 Å². The molecule has 17 heavy (non-hydrogen) atoms. The molecule has 0 saturated heterocycles. The number of aromatic amines is 1. The minimum atomic E-state index is -0.267. The molecule has 1 heterocycles. The van der Waals surface area contributed by atoms with E-state index in [0.717, 1.165) is 29.9 Å². The van der Waals surface area contributed by atoms with E-state index in [1.807, 2.05) is 0 Å². The van der Waals surface area contributed by atoms with Crippen molar-refractivity contribution in [1.29, 1.82) is 0 Å². The third kappa shape index (κ3) is 2.92. The van der Waals surface area contributed by atoms with Crippen LogP contribution in [-0.4, -0.2) is 16.5 Å². The van der Waals surface area contributed by atoms with E-state index in [1.165, 1.54) is 6.07 Å². The number of nitrogens with one attached hydrogen (secondary N) is 1. The van der Waals surface area contributed by atoms with Crippen LogP contribution in [0.15, 0.2) is 28.9 Å².